The molecule has 0 N–H and O–H groups in total. The molecule has 0 aliphatic heterocycles. The first kappa shape index (κ1) is 12.8. The van der Waals surface area contributed by atoms with Crippen molar-refractivity contribution in [3.05, 3.63) is 52.5 Å². The molecule has 0 spiro atoms. The van der Waals surface area contributed by atoms with E-state index in [2.05, 4.69) is 4.98 Å². The number of hydrogen-bond acceptors (Lipinski definition) is 2. The van der Waals surface area contributed by atoms with Crippen molar-refractivity contribution in [1.82, 2.24) is 4.98 Å². The van der Waals surface area contributed by atoms with Crippen molar-refractivity contribution in [3.63, 3.8) is 0 Å². The Balaban J connectivity index is 2.24. The van der Waals surface area contributed by atoms with Crippen molar-refractivity contribution in [2.45, 2.75) is 19.7 Å². The Morgan fingerprint density at radius 1 is 1.33 bits per heavy atom. The van der Waals surface area contributed by atoms with Gasteiger partial charge in [0, 0.05) is 11.6 Å². The number of aryl methyl sites for hydroxylation is 2. The van der Waals surface area contributed by atoms with Gasteiger partial charge in [-0.25, -0.2) is 9.37 Å². The van der Waals surface area contributed by atoms with E-state index in [1.165, 1.54) is 6.07 Å². The molecule has 0 aliphatic rings. The summed E-state index contributed by atoms with van der Waals surface area (Å²) < 4.78 is 19.0. The van der Waals surface area contributed by atoms with Crippen LogP contribution in [0.4, 0.5) is 4.39 Å². The van der Waals surface area contributed by atoms with Gasteiger partial charge in [0.15, 0.2) is 0 Å². The monoisotopic (exact) mass is 265 g/mol. The van der Waals surface area contributed by atoms with Gasteiger partial charge in [-0.15, -0.1) is 11.6 Å². The average molecular weight is 266 g/mol. The second-order valence-corrected chi connectivity index (χ2v) is 4.31. The fourth-order valence-electron chi connectivity index (χ4n) is 1.57. The van der Waals surface area contributed by atoms with Gasteiger partial charge < -0.3 is 4.42 Å². The molecule has 1 aromatic carbocycles. The molecule has 2 nitrogen and oxygen atoms in total. The first-order valence-electron chi connectivity index (χ1n) is 5.56. The molecule has 0 aliphatic carbocycles. The number of nitrogens with zero attached hydrogens (tertiary/aromatic N) is 1. The van der Waals surface area contributed by atoms with Gasteiger partial charge in [0.1, 0.15) is 11.6 Å². The molecule has 0 radical (unpaired) electrons. The molecule has 1 heterocycles. The standard InChI is InChI=1S/C14H13ClFNO/c1-9-3-4-11(12(16)7-9)5-6-14-17-13(8-15)10(2)18-14/h3-7H,8H2,1-2H3/b6-5+. The first-order chi connectivity index (χ1) is 8.60. The Morgan fingerprint density at radius 3 is 2.72 bits per heavy atom. The van der Waals surface area contributed by atoms with Crippen LogP contribution in [0, 0.1) is 19.7 Å². The topological polar surface area (TPSA) is 26.0 Å². The van der Waals surface area contributed by atoms with Crippen molar-refractivity contribution in [3.8, 4) is 0 Å². The van der Waals surface area contributed by atoms with Gasteiger partial charge >= 0.3 is 0 Å². The Labute approximate surface area is 110 Å². The van der Waals surface area contributed by atoms with Crippen LogP contribution in [0.15, 0.2) is 22.6 Å². The van der Waals surface area contributed by atoms with E-state index in [4.69, 9.17) is 16.0 Å². The van der Waals surface area contributed by atoms with E-state index in [9.17, 15) is 4.39 Å². The number of halogens is 2. The van der Waals surface area contributed by atoms with Gasteiger partial charge in [-0.1, -0.05) is 12.1 Å². The van der Waals surface area contributed by atoms with Crippen LogP contribution in [-0.2, 0) is 5.88 Å². The number of rotatable bonds is 3. The lowest BCUT2D eigenvalue weighted by molar-refractivity contribution is 0.515. The third-order valence-electron chi connectivity index (χ3n) is 2.60. The van der Waals surface area contributed by atoms with Crippen molar-refractivity contribution in [2.24, 2.45) is 0 Å². The van der Waals surface area contributed by atoms with Crippen LogP contribution >= 0.6 is 11.6 Å². The largest absolute Gasteiger partial charge is 0.442 e. The lowest BCUT2D eigenvalue weighted by Crippen LogP contribution is -1.83. The zero-order chi connectivity index (χ0) is 13.1. The summed E-state index contributed by atoms with van der Waals surface area (Å²) in [6, 6.07) is 5.07. The van der Waals surface area contributed by atoms with Crippen LogP contribution < -0.4 is 0 Å². The summed E-state index contributed by atoms with van der Waals surface area (Å²) in [6.45, 7) is 3.65. The van der Waals surface area contributed by atoms with E-state index < -0.39 is 0 Å². The van der Waals surface area contributed by atoms with Gasteiger partial charge in [0.2, 0.25) is 5.89 Å². The minimum absolute atomic E-state index is 0.257. The lowest BCUT2D eigenvalue weighted by atomic mass is 10.1. The molecule has 0 saturated heterocycles. The minimum Gasteiger partial charge on any atom is -0.442 e. The zero-order valence-corrected chi connectivity index (χ0v) is 11.0. The van der Waals surface area contributed by atoms with E-state index in [1.54, 1.807) is 25.1 Å². The molecule has 94 valence electrons. The molecule has 0 fully saturated rings. The second kappa shape index (κ2) is 5.36. The fraction of sp³-hybridized carbons (Fsp3) is 0.214. The molecular weight excluding hydrogens is 253 g/mol. The van der Waals surface area contributed by atoms with Gasteiger partial charge in [-0.2, -0.15) is 0 Å². The number of oxazole rings is 1. The SMILES string of the molecule is Cc1ccc(/C=C/c2nc(CCl)c(C)o2)c(F)c1. The average Bonchev–Trinajstić information content (AvgIpc) is 2.69. The molecule has 2 aromatic rings. The molecular formula is C14H13ClFNO. The quantitative estimate of drug-likeness (QED) is 0.772. The molecule has 0 bridgehead atoms. The summed E-state index contributed by atoms with van der Waals surface area (Å²) in [4.78, 5) is 4.18. The Kier molecular flexibility index (Phi) is 3.82. The Hall–Kier alpha value is -1.61. The van der Waals surface area contributed by atoms with Crippen molar-refractivity contribution < 1.29 is 8.81 Å². The molecule has 0 saturated carbocycles. The van der Waals surface area contributed by atoms with Crippen molar-refractivity contribution in [2.75, 3.05) is 0 Å². The fourth-order valence-corrected chi connectivity index (χ4v) is 1.82. The Bertz CT molecular complexity index is 589. The number of hydrogen-bond donors (Lipinski definition) is 0. The molecule has 0 unspecified atom stereocenters. The van der Waals surface area contributed by atoms with E-state index in [0.29, 0.717) is 28.8 Å². The summed E-state index contributed by atoms with van der Waals surface area (Å²) in [5.41, 5.74) is 2.10. The lowest BCUT2D eigenvalue weighted by Gasteiger charge is -1.97. The molecule has 2 rings (SSSR count). The van der Waals surface area contributed by atoms with Gasteiger partial charge in [-0.05, 0) is 31.6 Å². The number of alkyl halides is 1. The predicted octanol–water partition coefficient (Wildman–Crippen LogP) is 4.34. The summed E-state index contributed by atoms with van der Waals surface area (Å²) in [7, 11) is 0. The molecule has 18 heavy (non-hydrogen) atoms. The summed E-state index contributed by atoms with van der Waals surface area (Å²) in [5.74, 6) is 1.17. The minimum atomic E-state index is -0.257. The second-order valence-electron chi connectivity index (χ2n) is 4.05. The van der Waals surface area contributed by atoms with Crippen LogP contribution in [0.3, 0.4) is 0 Å². The third-order valence-corrected chi connectivity index (χ3v) is 2.85. The molecule has 4 heteroatoms. The molecule has 0 atom stereocenters. The highest BCUT2D eigenvalue weighted by Crippen LogP contribution is 2.16. The highest BCUT2D eigenvalue weighted by Gasteiger charge is 2.06. The normalized spacial score (nSPS) is 11.3. The van der Waals surface area contributed by atoms with Gasteiger partial charge in [0.05, 0.1) is 11.6 Å². The Morgan fingerprint density at radius 2 is 2.11 bits per heavy atom. The maximum atomic E-state index is 13.6. The van der Waals surface area contributed by atoms with E-state index >= 15 is 0 Å². The van der Waals surface area contributed by atoms with E-state index in [-0.39, 0.29) is 5.82 Å². The number of benzene rings is 1. The molecule has 1 aromatic heterocycles. The summed E-state index contributed by atoms with van der Waals surface area (Å²) >= 11 is 5.70. The van der Waals surface area contributed by atoms with Crippen LogP contribution in [0.5, 0.6) is 0 Å². The number of aromatic nitrogens is 1. The first-order valence-corrected chi connectivity index (χ1v) is 6.10. The maximum absolute atomic E-state index is 13.6. The van der Waals surface area contributed by atoms with Gasteiger partial charge in [0.25, 0.3) is 0 Å². The van der Waals surface area contributed by atoms with Crippen LogP contribution in [0.2, 0.25) is 0 Å². The van der Waals surface area contributed by atoms with Crippen LogP contribution in [0.1, 0.15) is 28.5 Å². The zero-order valence-electron chi connectivity index (χ0n) is 10.2. The summed E-state index contributed by atoms with van der Waals surface area (Å²) in [6.07, 6.45) is 3.27. The van der Waals surface area contributed by atoms with Crippen LogP contribution in [0.25, 0.3) is 12.2 Å². The van der Waals surface area contributed by atoms with Gasteiger partial charge in [-0.3, -0.25) is 0 Å². The molecule has 0 amide bonds. The van der Waals surface area contributed by atoms with E-state index in [1.807, 2.05) is 13.0 Å². The van der Waals surface area contributed by atoms with Crippen molar-refractivity contribution in [1.29, 1.82) is 0 Å². The smallest absolute Gasteiger partial charge is 0.219 e. The van der Waals surface area contributed by atoms with Crippen molar-refractivity contribution >= 4 is 23.8 Å². The third kappa shape index (κ3) is 2.79. The predicted molar refractivity (Wildman–Crippen MR) is 70.9 cm³/mol. The van der Waals surface area contributed by atoms with Crippen LogP contribution in [-0.4, -0.2) is 4.98 Å². The van der Waals surface area contributed by atoms with E-state index in [0.717, 1.165) is 5.56 Å². The summed E-state index contributed by atoms with van der Waals surface area (Å²) in [5, 5.41) is 0. The highest BCUT2D eigenvalue weighted by atomic mass is 35.5. The maximum Gasteiger partial charge on any atom is 0.219 e. The highest BCUT2D eigenvalue weighted by molar-refractivity contribution is 6.16.